The topological polar surface area (TPSA) is 45.7 Å². The van der Waals surface area contributed by atoms with Gasteiger partial charge in [0.2, 0.25) is 0 Å². The van der Waals surface area contributed by atoms with Crippen molar-refractivity contribution in [2.24, 2.45) is 7.05 Å². The predicted octanol–water partition coefficient (Wildman–Crippen LogP) is 4.88. The second-order valence-corrected chi connectivity index (χ2v) is 8.84. The van der Waals surface area contributed by atoms with Crippen LogP contribution < -0.4 is 0 Å². The molecule has 1 aliphatic heterocycles. The Kier molecular flexibility index (Phi) is 5.94. The van der Waals surface area contributed by atoms with E-state index in [0.29, 0.717) is 11.3 Å². The average Bonchev–Trinajstić information content (AvgIpc) is 3.10. The Morgan fingerprint density at radius 1 is 1.29 bits per heavy atom. The van der Waals surface area contributed by atoms with E-state index in [-0.39, 0.29) is 5.91 Å². The fourth-order valence-electron chi connectivity index (χ4n) is 4.01. The van der Waals surface area contributed by atoms with Crippen molar-refractivity contribution < 1.29 is 4.79 Å². The van der Waals surface area contributed by atoms with Gasteiger partial charge in [0.05, 0.1) is 6.57 Å². The van der Waals surface area contributed by atoms with Gasteiger partial charge in [-0.2, -0.15) is 0 Å². The molecule has 2 aromatic heterocycles. The van der Waals surface area contributed by atoms with Crippen molar-refractivity contribution in [2.75, 3.05) is 27.2 Å². The summed E-state index contributed by atoms with van der Waals surface area (Å²) in [6, 6.07) is 9.61. The van der Waals surface area contributed by atoms with Gasteiger partial charge < -0.3 is 9.47 Å². The van der Waals surface area contributed by atoms with Gasteiger partial charge in [-0.05, 0) is 46.1 Å². The number of carbonyl (C=O) groups is 1. The number of fused-ring (bicyclic) bond motifs is 1. The van der Waals surface area contributed by atoms with Gasteiger partial charge in [0.1, 0.15) is 5.65 Å². The predicted molar refractivity (Wildman–Crippen MR) is 127 cm³/mol. The fraction of sp³-hybridized carbons (Fsp3) is 0.292. The van der Waals surface area contributed by atoms with E-state index in [1.54, 1.807) is 20.2 Å². The zero-order chi connectivity index (χ0) is 22.1. The van der Waals surface area contributed by atoms with Crippen molar-refractivity contribution in [1.29, 1.82) is 0 Å². The number of hydrogen-bond donors (Lipinski definition) is 0. The van der Waals surface area contributed by atoms with Gasteiger partial charge in [0.25, 0.3) is 5.91 Å². The lowest BCUT2D eigenvalue weighted by atomic mass is 9.96. The number of hydrogen-bond acceptors (Lipinski definition) is 3. The minimum absolute atomic E-state index is 0.0867. The summed E-state index contributed by atoms with van der Waals surface area (Å²) < 4.78 is 3.21. The van der Waals surface area contributed by atoms with E-state index in [1.807, 2.05) is 24.4 Å². The van der Waals surface area contributed by atoms with E-state index >= 15 is 0 Å². The number of amides is 1. The van der Waals surface area contributed by atoms with E-state index in [9.17, 15) is 4.79 Å². The third kappa shape index (κ3) is 4.14. The van der Waals surface area contributed by atoms with Crippen molar-refractivity contribution in [1.82, 2.24) is 19.4 Å². The normalized spacial score (nSPS) is 14.4. The van der Waals surface area contributed by atoms with Crippen LogP contribution in [-0.4, -0.2) is 52.4 Å². The number of carbonyl (C=O) groups excluding carboxylic acids is 1. The lowest BCUT2D eigenvalue weighted by Crippen LogP contribution is -2.28. The monoisotopic (exact) mass is 477 g/mol. The van der Waals surface area contributed by atoms with Crippen LogP contribution in [0.3, 0.4) is 0 Å². The molecular weight excluding hydrogens is 454 g/mol. The van der Waals surface area contributed by atoms with Gasteiger partial charge in [-0.15, -0.1) is 0 Å². The summed E-state index contributed by atoms with van der Waals surface area (Å²) in [7, 11) is 5.49. The SMILES string of the molecule is [C-]#[N+]c1cc(C(=O)N(C)C)ccc1C1=CCN(Cc2cc3c(Br)ccnc3n2C)CC1. The fourth-order valence-corrected chi connectivity index (χ4v) is 4.42. The maximum atomic E-state index is 12.2. The van der Waals surface area contributed by atoms with Gasteiger partial charge in [-0.3, -0.25) is 9.69 Å². The first-order chi connectivity index (χ1) is 14.9. The summed E-state index contributed by atoms with van der Waals surface area (Å²) >= 11 is 3.61. The summed E-state index contributed by atoms with van der Waals surface area (Å²) in [6.45, 7) is 10.2. The Bertz CT molecular complexity index is 1230. The molecule has 0 bridgehead atoms. The van der Waals surface area contributed by atoms with Gasteiger partial charge in [0, 0.05) is 68.1 Å². The number of aromatic nitrogens is 2. The second kappa shape index (κ2) is 8.66. The third-order valence-corrected chi connectivity index (χ3v) is 6.46. The van der Waals surface area contributed by atoms with E-state index in [4.69, 9.17) is 6.57 Å². The largest absolute Gasteiger partial charge is 0.345 e. The van der Waals surface area contributed by atoms with E-state index in [0.717, 1.165) is 47.1 Å². The molecule has 1 aromatic carbocycles. The molecule has 0 aliphatic carbocycles. The Hall–Kier alpha value is -2.95. The minimum Gasteiger partial charge on any atom is -0.345 e. The van der Waals surface area contributed by atoms with Crippen molar-refractivity contribution >= 4 is 44.1 Å². The number of benzene rings is 1. The highest BCUT2D eigenvalue weighted by atomic mass is 79.9. The Labute approximate surface area is 190 Å². The molecule has 0 saturated heterocycles. The van der Waals surface area contributed by atoms with E-state index in [2.05, 4.69) is 54.4 Å². The van der Waals surface area contributed by atoms with E-state index < -0.39 is 0 Å². The highest BCUT2D eigenvalue weighted by Gasteiger charge is 2.19. The Morgan fingerprint density at radius 3 is 2.74 bits per heavy atom. The van der Waals surface area contributed by atoms with Crippen LogP contribution >= 0.6 is 15.9 Å². The van der Waals surface area contributed by atoms with Crippen molar-refractivity contribution in [3.63, 3.8) is 0 Å². The average molecular weight is 478 g/mol. The van der Waals surface area contributed by atoms with Crippen molar-refractivity contribution in [2.45, 2.75) is 13.0 Å². The third-order valence-electron chi connectivity index (χ3n) is 5.77. The molecule has 0 N–H and O–H groups in total. The van der Waals surface area contributed by atoms with Crippen molar-refractivity contribution in [3.05, 3.63) is 75.3 Å². The van der Waals surface area contributed by atoms with Gasteiger partial charge in [-0.1, -0.05) is 23.8 Å². The second-order valence-electron chi connectivity index (χ2n) is 7.98. The van der Waals surface area contributed by atoms with Crippen LogP contribution in [0, 0.1) is 6.57 Å². The maximum Gasteiger partial charge on any atom is 0.252 e. The molecule has 0 spiro atoms. The number of halogens is 1. The number of pyridine rings is 1. The van der Waals surface area contributed by atoms with Crippen LogP contribution in [0.15, 0.2) is 47.1 Å². The van der Waals surface area contributed by atoms with Crippen LogP contribution in [-0.2, 0) is 13.6 Å². The summed E-state index contributed by atoms with van der Waals surface area (Å²) in [4.78, 5) is 24.3. The standard InChI is InChI=1S/C24H24BrN5O/c1-26-22-13-17(24(31)28(2)3)5-6-19(22)16-8-11-30(12-9-16)15-18-14-20-21(25)7-10-27-23(20)29(18)4/h5-8,10,13-14H,9,11-12,15H2,2-4H3. The molecule has 0 unspecified atom stereocenters. The van der Waals surface area contributed by atoms with Gasteiger partial charge in [0.15, 0.2) is 5.69 Å². The molecule has 1 aliphatic rings. The molecule has 7 heteroatoms. The summed E-state index contributed by atoms with van der Waals surface area (Å²) in [5.74, 6) is -0.0867. The molecular formula is C24H24BrN5O. The van der Waals surface area contributed by atoms with Gasteiger partial charge >= 0.3 is 0 Å². The zero-order valence-corrected chi connectivity index (χ0v) is 19.5. The molecule has 1 amide bonds. The summed E-state index contributed by atoms with van der Waals surface area (Å²) in [6.07, 6.45) is 4.89. The number of rotatable bonds is 4. The Balaban J connectivity index is 1.52. The maximum absolute atomic E-state index is 12.2. The highest BCUT2D eigenvalue weighted by molar-refractivity contribution is 9.10. The molecule has 158 valence electrons. The molecule has 0 fully saturated rings. The van der Waals surface area contributed by atoms with Gasteiger partial charge in [-0.25, -0.2) is 9.83 Å². The van der Waals surface area contributed by atoms with Crippen LogP contribution in [0.25, 0.3) is 21.5 Å². The van der Waals surface area contributed by atoms with Crippen LogP contribution in [0.4, 0.5) is 5.69 Å². The first-order valence-electron chi connectivity index (χ1n) is 10.1. The zero-order valence-electron chi connectivity index (χ0n) is 17.9. The lowest BCUT2D eigenvalue weighted by Gasteiger charge is -2.27. The summed E-state index contributed by atoms with van der Waals surface area (Å²) in [5, 5.41) is 1.13. The Morgan fingerprint density at radius 2 is 2.10 bits per heavy atom. The molecule has 31 heavy (non-hydrogen) atoms. The quantitative estimate of drug-likeness (QED) is 0.503. The number of aryl methyl sites for hydroxylation is 1. The van der Waals surface area contributed by atoms with Crippen LogP contribution in [0.1, 0.15) is 28.0 Å². The number of nitrogens with zero attached hydrogens (tertiary/aromatic N) is 5. The molecule has 3 aromatic rings. The first kappa shape index (κ1) is 21.3. The molecule has 0 atom stereocenters. The van der Waals surface area contributed by atoms with Crippen molar-refractivity contribution in [3.8, 4) is 0 Å². The van der Waals surface area contributed by atoms with Crippen LogP contribution in [0.5, 0.6) is 0 Å². The van der Waals surface area contributed by atoms with Crippen LogP contribution in [0.2, 0.25) is 0 Å². The summed E-state index contributed by atoms with van der Waals surface area (Å²) in [5.41, 5.74) is 5.40. The lowest BCUT2D eigenvalue weighted by molar-refractivity contribution is 0.0827. The molecule has 0 radical (unpaired) electrons. The molecule has 6 nitrogen and oxygen atoms in total. The smallest absolute Gasteiger partial charge is 0.252 e. The highest BCUT2D eigenvalue weighted by Crippen LogP contribution is 2.32. The molecule has 4 rings (SSSR count). The first-order valence-corrected chi connectivity index (χ1v) is 10.9. The van der Waals surface area contributed by atoms with E-state index in [1.165, 1.54) is 16.2 Å². The molecule has 3 heterocycles. The molecule has 0 saturated carbocycles. The minimum atomic E-state index is -0.0867.